The fourth-order valence-electron chi connectivity index (χ4n) is 6.18. The molecule has 0 aromatic heterocycles. The third kappa shape index (κ3) is 15.7. The van der Waals surface area contributed by atoms with Crippen LogP contribution in [-0.4, -0.2) is 168 Å². The van der Waals surface area contributed by atoms with E-state index in [2.05, 4.69) is 10.6 Å². The predicted octanol–water partition coefficient (Wildman–Crippen LogP) is 2.20. The van der Waals surface area contributed by atoms with Gasteiger partial charge in [0.05, 0.1) is 12.2 Å². The first-order valence-corrected chi connectivity index (χ1v) is 20.1. The third-order valence-corrected chi connectivity index (χ3v) is 9.84. The van der Waals surface area contributed by atoms with Gasteiger partial charge in [-0.15, -0.1) is 0 Å². The first-order chi connectivity index (χ1) is 27.6. The Labute approximate surface area is 353 Å². The quantitative estimate of drug-likeness (QED) is 0.203. The lowest BCUT2D eigenvalue weighted by Crippen LogP contribution is -2.60. The molecule has 60 heavy (non-hydrogen) atoms. The smallest absolute Gasteiger partial charge is 0.375 e. The van der Waals surface area contributed by atoms with Crippen LogP contribution in [0.2, 0.25) is 0 Å². The number of esters is 1. The molecule has 5 atom stereocenters. The maximum atomic E-state index is 14.1. The molecule has 1 aliphatic heterocycles. The number of nitrogens with zero attached hydrogens (tertiary/aromatic N) is 6. The Kier molecular flexibility index (Phi) is 20.6. The Balaban J connectivity index is 3.79. The number of ether oxygens (including phenoxy) is 1. The molecule has 0 bridgehead atoms. The van der Waals surface area contributed by atoms with E-state index in [1.165, 1.54) is 33.0 Å². The molecule has 0 aromatic carbocycles. The maximum absolute atomic E-state index is 14.1. The summed E-state index contributed by atoms with van der Waals surface area (Å²) in [6, 6.07) is -9.59. The van der Waals surface area contributed by atoms with E-state index in [4.69, 9.17) is 4.74 Å². The number of nitrogens with one attached hydrogen (secondary N) is 4. The zero-order chi connectivity index (χ0) is 46.5. The van der Waals surface area contributed by atoms with Gasteiger partial charge in [-0.1, -0.05) is 55.4 Å². The van der Waals surface area contributed by atoms with E-state index in [1.807, 2.05) is 52.2 Å². The van der Waals surface area contributed by atoms with E-state index in [-0.39, 0.29) is 36.5 Å². The van der Waals surface area contributed by atoms with E-state index >= 15 is 0 Å². The molecule has 0 saturated carbocycles. The number of cyclic esters (lactones) is 2. The van der Waals surface area contributed by atoms with Crippen molar-refractivity contribution in [3.05, 3.63) is 0 Å². The van der Waals surface area contributed by atoms with Crippen LogP contribution in [0.15, 0.2) is 0 Å². The Morgan fingerprint density at radius 2 is 0.983 bits per heavy atom. The summed E-state index contributed by atoms with van der Waals surface area (Å²) in [5, 5.41) is 9.60. The molecule has 1 aliphatic rings. The Morgan fingerprint density at radius 1 is 0.550 bits per heavy atom. The highest BCUT2D eigenvalue weighted by Gasteiger charge is 2.38. The SMILES string of the molecule is CC(C)C[C@@H]1C(=O)NC(=O)N(C)C(=O)N(C)C(=O)NC(=O)N(C)CC(=O)N(C)[C@@H](CC(C)C)C(=O)N[C@H](CC(C)C)N(C)[C@H](CC(C)C)C(=O)N[C@H](C)C(=O)OC(=O)N1C. The van der Waals surface area contributed by atoms with Gasteiger partial charge in [0.1, 0.15) is 24.7 Å². The molecule has 340 valence electrons. The summed E-state index contributed by atoms with van der Waals surface area (Å²) in [7, 11) is 7.37. The van der Waals surface area contributed by atoms with E-state index < -0.39 is 96.7 Å². The lowest BCUT2D eigenvalue weighted by Gasteiger charge is -2.38. The lowest BCUT2D eigenvalue weighted by atomic mass is 9.98. The molecule has 0 aliphatic carbocycles. The van der Waals surface area contributed by atoms with Gasteiger partial charge in [0, 0.05) is 35.2 Å². The van der Waals surface area contributed by atoms with Crippen molar-refractivity contribution >= 4 is 59.8 Å². The average molecular weight is 853 g/mol. The first kappa shape index (κ1) is 52.7. The Morgan fingerprint density at radius 3 is 1.47 bits per heavy atom. The van der Waals surface area contributed by atoms with Gasteiger partial charge in [-0.3, -0.25) is 39.6 Å². The van der Waals surface area contributed by atoms with Crippen molar-refractivity contribution in [1.82, 2.24) is 50.7 Å². The fraction of sp³-hybridized carbons (Fsp3) is 0.744. The van der Waals surface area contributed by atoms with Crippen LogP contribution in [0.4, 0.5) is 24.0 Å². The van der Waals surface area contributed by atoms with Crippen molar-refractivity contribution in [3.8, 4) is 0 Å². The number of urea groups is 4. The fourth-order valence-corrected chi connectivity index (χ4v) is 6.18. The first-order valence-electron chi connectivity index (χ1n) is 20.1. The summed E-state index contributed by atoms with van der Waals surface area (Å²) in [4.78, 5) is 139. The Hall–Kier alpha value is -5.34. The highest BCUT2D eigenvalue weighted by atomic mass is 16.6. The number of rotatable bonds is 8. The molecule has 0 spiro atoms. The molecular weight excluding hydrogens is 784 g/mol. The van der Waals surface area contributed by atoms with E-state index in [9.17, 15) is 47.9 Å². The molecule has 0 radical (unpaired) electrons. The van der Waals surface area contributed by atoms with Crippen LogP contribution in [0, 0.1) is 23.7 Å². The predicted molar refractivity (Wildman–Crippen MR) is 220 cm³/mol. The van der Waals surface area contributed by atoms with Gasteiger partial charge < -0.3 is 25.2 Å². The van der Waals surface area contributed by atoms with Gasteiger partial charge in [0.15, 0.2) is 0 Å². The van der Waals surface area contributed by atoms with Gasteiger partial charge in [-0.05, 0) is 63.3 Å². The summed E-state index contributed by atoms with van der Waals surface area (Å²) in [5.41, 5.74) is 0. The normalized spacial score (nSPS) is 24.3. The Bertz CT molecular complexity index is 1600. The minimum absolute atomic E-state index is 0.0192. The van der Waals surface area contributed by atoms with Crippen LogP contribution >= 0.6 is 0 Å². The van der Waals surface area contributed by atoms with Crippen molar-refractivity contribution in [2.45, 2.75) is 118 Å². The van der Waals surface area contributed by atoms with Crippen LogP contribution < -0.4 is 21.3 Å². The van der Waals surface area contributed by atoms with E-state index in [0.717, 1.165) is 23.9 Å². The van der Waals surface area contributed by atoms with Crippen molar-refractivity contribution in [1.29, 1.82) is 0 Å². The lowest BCUT2D eigenvalue weighted by molar-refractivity contribution is -0.144. The summed E-state index contributed by atoms with van der Waals surface area (Å²) < 4.78 is 5.07. The largest absolute Gasteiger partial charge is 0.417 e. The van der Waals surface area contributed by atoms with Crippen LogP contribution in [0.1, 0.15) is 88.0 Å². The average Bonchev–Trinajstić information content (AvgIpc) is 3.14. The van der Waals surface area contributed by atoms with Crippen molar-refractivity contribution in [2.24, 2.45) is 23.7 Å². The van der Waals surface area contributed by atoms with E-state index in [1.54, 1.807) is 25.8 Å². The number of amides is 13. The molecule has 21 heteroatoms. The van der Waals surface area contributed by atoms with E-state index in [0.29, 0.717) is 22.6 Å². The topological polar surface area (TPSA) is 247 Å². The highest BCUT2D eigenvalue weighted by Crippen LogP contribution is 2.20. The summed E-state index contributed by atoms with van der Waals surface area (Å²) in [6.07, 6.45) is -1.12. The van der Waals surface area contributed by atoms with Gasteiger partial charge in [0.25, 0.3) is 5.91 Å². The second-order valence-electron chi connectivity index (χ2n) is 17.1. The summed E-state index contributed by atoms with van der Waals surface area (Å²) in [6.45, 7) is 15.6. The minimum Gasteiger partial charge on any atom is -0.375 e. The summed E-state index contributed by atoms with van der Waals surface area (Å²) in [5.74, 6) is -4.27. The number of hydrogen-bond acceptors (Lipinski definition) is 12. The number of imide groups is 4. The van der Waals surface area contributed by atoms with Crippen LogP contribution in [-0.2, 0) is 28.7 Å². The molecule has 1 saturated heterocycles. The molecule has 1 rings (SSSR count). The minimum atomic E-state index is -1.39. The number of carbonyl (C=O) groups is 10. The molecular formula is C39H68N10O11. The number of hydrogen-bond donors (Lipinski definition) is 4. The second-order valence-corrected chi connectivity index (χ2v) is 17.1. The highest BCUT2D eigenvalue weighted by molar-refractivity contribution is 6.08. The molecule has 0 aromatic rings. The van der Waals surface area contributed by atoms with Gasteiger partial charge >= 0.3 is 36.2 Å². The maximum Gasteiger partial charge on any atom is 0.417 e. The molecule has 0 unspecified atom stereocenters. The standard InChI is InChI=1S/C39H68N10O11/c1-21(2)16-26-31(51)40-25(9)34(54)60-39(59)47(13)28(18-23(5)6)33(53)42-36(56)48(14)38(58)49(15)37(57)43-35(55)44(10)20-30(50)46(12)27(17-22(3)4)32(52)41-29(45(26)11)19-24(7)8/h21-29H,16-20H2,1-15H3,(H,40,51)(H,41,52)(H,42,53,56)(H,43,55,57)/t25-,26-,27+,28-,29+/m1/s1. The molecule has 1 heterocycles. The van der Waals surface area contributed by atoms with Gasteiger partial charge in [0.2, 0.25) is 17.7 Å². The van der Waals surface area contributed by atoms with Crippen molar-refractivity contribution < 1.29 is 52.7 Å². The summed E-state index contributed by atoms with van der Waals surface area (Å²) >= 11 is 0. The van der Waals surface area contributed by atoms with Crippen LogP contribution in [0.5, 0.6) is 0 Å². The van der Waals surface area contributed by atoms with Crippen molar-refractivity contribution in [2.75, 3.05) is 48.8 Å². The molecule has 4 N–H and O–H groups in total. The molecule has 1 fully saturated rings. The monoisotopic (exact) mass is 853 g/mol. The van der Waals surface area contributed by atoms with Crippen molar-refractivity contribution in [3.63, 3.8) is 0 Å². The van der Waals surface area contributed by atoms with Gasteiger partial charge in [-0.2, -0.15) is 0 Å². The molecule has 21 nitrogen and oxygen atoms in total. The van der Waals surface area contributed by atoms with Crippen LogP contribution in [0.3, 0.4) is 0 Å². The van der Waals surface area contributed by atoms with Gasteiger partial charge in [-0.25, -0.2) is 38.6 Å². The zero-order valence-corrected chi connectivity index (χ0v) is 37.9. The second kappa shape index (κ2) is 23.4. The zero-order valence-electron chi connectivity index (χ0n) is 37.9. The number of likely N-dealkylation sites (N-methyl/N-ethyl adjacent to an activating group) is 4. The molecule has 13 amide bonds. The third-order valence-electron chi connectivity index (χ3n) is 9.84. The number of carbonyl (C=O) groups excluding carboxylic acids is 10. The van der Waals surface area contributed by atoms with Crippen LogP contribution in [0.25, 0.3) is 0 Å².